The van der Waals surface area contributed by atoms with Crippen molar-refractivity contribution < 1.29 is 4.74 Å². The first-order valence-corrected chi connectivity index (χ1v) is 6.45. The van der Waals surface area contributed by atoms with Crippen molar-refractivity contribution in [2.75, 3.05) is 13.2 Å². The largest absolute Gasteiger partial charge is 0.381 e. The molecule has 2 heterocycles. The van der Waals surface area contributed by atoms with Crippen LogP contribution in [-0.4, -0.2) is 18.8 Å². The third kappa shape index (κ3) is 2.37. The molecule has 1 aromatic heterocycles. The molecule has 1 fully saturated rings. The van der Waals surface area contributed by atoms with E-state index in [-0.39, 0.29) is 5.54 Å². The molecule has 0 unspecified atom stereocenters. The third-order valence-electron chi connectivity index (χ3n) is 2.69. The molecule has 4 heteroatoms. The van der Waals surface area contributed by atoms with Crippen molar-refractivity contribution in [3.05, 3.63) is 20.8 Å². The van der Waals surface area contributed by atoms with Gasteiger partial charge in [-0.3, -0.25) is 0 Å². The smallest absolute Gasteiger partial charge is 0.0483 e. The van der Waals surface area contributed by atoms with E-state index in [1.165, 1.54) is 9.35 Å². The summed E-state index contributed by atoms with van der Waals surface area (Å²) in [6.45, 7) is 1.61. The molecule has 0 radical (unpaired) electrons. The van der Waals surface area contributed by atoms with Crippen LogP contribution in [0.15, 0.2) is 15.9 Å². The van der Waals surface area contributed by atoms with Gasteiger partial charge in [-0.1, -0.05) is 0 Å². The molecule has 0 amide bonds. The summed E-state index contributed by atoms with van der Waals surface area (Å²) in [7, 11) is 0. The average Bonchev–Trinajstić information content (AvgIpc) is 2.52. The van der Waals surface area contributed by atoms with Gasteiger partial charge < -0.3 is 10.5 Å². The summed E-state index contributed by atoms with van der Waals surface area (Å²) < 4.78 is 6.52. The second kappa shape index (κ2) is 4.31. The summed E-state index contributed by atoms with van der Waals surface area (Å²) >= 11 is 5.31. The first-order valence-electron chi connectivity index (χ1n) is 4.78. The van der Waals surface area contributed by atoms with Crippen molar-refractivity contribution in [2.24, 2.45) is 5.73 Å². The lowest BCUT2D eigenvalue weighted by atomic mass is 9.87. The average molecular weight is 276 g/mol. The van der Waals surface area contributed by atoms with E-state index in [9.17, 15) is 0 Å². The van der Waals surface area contributed by atoms with Crippen LogP contribution in [0.3, 0.4) is 0 Å². The maximum atomic E-state index is 6.32. The van der Waals surface area contributed by atoms with Gasteiger partial charge in [0.2, 0.25) is 0 Å². The first-order chi connectivity index (χ1) is 6.70. The zero-order chi connectivity index (χ0) is 10.0. The third-order valence-corrected chi connectivity index (χ3v) is 4.62. The second-order valence-corrected chi connectivity index (χ2v) is 5.70. The lowest BCUT2D eigenvalue weighted by Gasteiger charge is -2.33. The standard InChI is InChI=1S/C10H14BrNOS/c11-8-1-6-14-9(8)7-10(12)2-4-13-5-3-10/h1,6H,2-5,7,12H2. The topological polar surface area (TPSA) is 35.2 Å². The molecule has 0 aliphatic carbocycles. The molecule has 1 aliphatic heterocycles. The van der Waals surface area contributed by atoms with Gasteiger partial charge in [0.25, 0.3) is 0 Å². The molecule has 0 spiro atoms. The SMILES string of the molecule is NC1(Cc2sccc2Br)CCOCC1. The number of hydrogen-bond acceptors (Lipinski definition) is 3. The highest BCUT2D eigenvalue weighted by molar-refractivity contribution is 9.10. The van der Waals surface area contributed by atoms with Gasteiger partial charge in [0.1, 0.15) is 0 Å². The Balaban J connectivity index is 2.05. The molecule has 1 aliphatic rings. The minimum Gasteiger partial charge on any atom is -0.381 e. The molecule has 78 valence electrons. The van der Waals surface area contributed by atoms with Gasteiger partial charge >= 0.3 is 0 Å². The van der Waals surface area contributed by atoms with E-state index < -0.39 is 0 Å². The molecule has 2 nitrogen and oxygen atoms in total. The summed E-state index contributed by atoms with van der Waals surface area (Å²) in [6, 6.07) is 2.09. The van der Waals surface area contributed by atoms with Crippen molar-refractivity contribution in [3.63, 3.8) is 0 Å². The quantitative estimate of drug-likeness (QED) is 0.901. The van der Waals surface area contributed by atoms with Crippen LogP contribution in [0.5, 0.6) is 0 Å². The van der Waals surface area contributed by atoms with Crippen molar-refractivity contribution in [3.8, 4) is 0 Å². The molecule has 1 saturated heterocycles. The molecule has 0 atom stereocenters. The molecule has 1 aromatic rings. The number of halogens is 1. The predicted octanol–water partition coefficient (Wildman–Crippen LogP) is 2.56. The van der Waals surface area contributed by atoms with E-state index in [4.69, 9.17) is 10.5 Å². The maximum Gasteiger partial charge on any atom is 0.0483 e. The minimum absolute atomic E-state index is 0.0500. The molecule has 0 bridgehead atoms. The van der Waals surface area contributed by atoms with E-state index in [2.05, 4.69) is 27.4 Å². The summed E-state index contributed by atoms with van der Waals surface area (Å²) in [5.41, 5.74) is 6.28. The normalized spacial score (nSPS) is 21.0. The monoisotopic (exact) mass is 275 g/mol. The fourth-order valence-electron chi connectivity index (χ4n) is 1.73. The minimum atomic E-state index is -0.0500. The van der Waals surface area contributed by atoms with Gasteiger partial charge in [0, 0.05) is 34.5 Å². The van der Waals surface area contributed by atoms with Crippen molar-refractivity contribution >= 4 is 27.3 Å². The highest BCUT2D eigenvalue weighted by Gasteiger charge is 2.29. The van der Waals surface area contributed by atoms with Gasteiger partial charge in [-0.15, -0.1) is 11.3 Å². The van der Waals surface area contributed by atoms with Crippen LogP contribution in [0, 0.1) is 0 Å². The number of hydrogen-bond donors (Lipinski definition) is 1. The van der Waals surface area contributed by atoms with Crippen molar-refractivity contribution in [2.45, 2.75) is 24.8 Å². The maximum absolute atomic E-state index is 6.32. The molecule has 0 aromatic carbocycles. The summed E-state index contributed by atoms with van der Waals surface area (Å²) in [6.07, 6.45) is 2.91. The molecule has 0 saturated carbocycles. The Morgan fingerprint density at radius 2 is 2.21 bits per heavy atom. The van der Waals surface area contributed by atoms with Gasteiger partial charge in [-0.2, -0.15) is 0 Å². The number of rotatable bonds is 2. The van der Waals surface area contributed by atoms with Crippen LogP contribution in [0.25, 0.3) is 0 Å². The van der Waals surface area contributed by atoms with Crippen LogP contribution in [0.2, 0.25) is 0 Å². The van der Waals surface area contributed by atoms with E-state index in [0.717, 1.165) is 32.5 Å². The van der Waals surface area contributed by atoms with Crippen molar-refractivity contribution in [1.82, 2.24) is 0 Å². The van der Waals surface area contributed by atoms with Crippen LogP contribution in [-0.2, 0) is 11.2 Å². The zero-order valence-electron chi connectivity index (χ0n) is 7.96. The Morgan fingerprint density at radius 1 is 1.50 bits per heavy atom. The fourth-order valence-corrected chi connectivity index (χ4v) is 3.37. The van der Waals surface area contributed by atoms with E-state index in [1.807, 2.05) is 0 Å². The lowest BCUT2D eigenvalue weighted by molar-refractivity contribution is 0.0536. The Morgan fingerprint density at radius 3 is 2.79 bits per heavy atom. The number of nitrogens with two attached hydrogens (primary N) is 1. The van der Waals surface area contributed by atoms with Crippen LogP contribution in [0.1, 0.15) is 17.7 Å². The Labute approximate surface area is 96.6 Å². The van der Waals surface area contributed by atoms with Crippen molar-refractivity contribution in [1.29, 1.82) is 0 Å². The van der Waals surface area contributed by atoms with Gasteiger partial charge in [-0.05, 0) is 40.2 Å². The van der Waals surface area contributed by atoms with Gasteiger partial charge in [0.05, 0.1) is 0 Å². The fraction of sp³-hybridized carbons (Fsp3) is 0.600. The number of ether oxygens (including phenoxy) is 1. The van der Waals surface area contributed by atoms with Crippen LogP contribution in [0.4, 0.5) is 0 Å². The van der Waals surface area contributed by atoms with E-state index in [1.54, 1.807) is 11.3 Å². The molecular formula is C10H14BrNOS. The van der Waals surface area contributed by atoms with E-state index in [0.29, 0.717) is 0 Å². The first kappa shape index (κ1) is 10.6. The van der Waals surface area contributed by atoms with Crippen LogP contribution < -0.4 is 5.73 Å². The lowest BCUT2D eigenvalue weighted by Crippen LogP contribution is -2.46. The summed E-state index contributed by atoms with van der Waals surface area (Å²) in [4.78, 5) is 1.36. The molecule has 2 rings (SSSR count). The molecular weight excluding hydrogens is 262 g/mol. The van der Waals surface area contributed by atoms with Crippen LogP contribution >= 0.6 is 27.3 Å². The summed E-state index contributed by atoms with van der Waals surface area (Å²) in [5, 5.41) is 2.10. The Kier molecular flexibility index (Phi) is 3.27. The molecule has 2 N–H and O–H groups in total. The van der Waals surface area contributed by atoms with Gasteiger partial charge in [0.15, 0.2) is 0 Å². The summed E-state index contributed by atoms with van der Waals surface area (Å²) in [5.74, 6) is 0. The highest BCUT2D eigenvalue weighted by atomic mass is 79.9. The predicted molar refractivity (Wildman–Crippen MR) is 62.7 cm³/mol. The number of thiophene rings is 1. The highest BCUT2D eigenvalue weighted by Crippen LogP contribution is 2.30. The zero-order valence-corrected chi connectivity index (χ0v) is 10.4. The Hall–Kier alpha value is 0.1000. The van der Waals surface area contributed by atoms with E-state index >= 15 is 0 Å². The second-order valence-electron chi connectivity index (χ2n) is 3.84. The Bertz CT molecular complexity index is 307. The molecule has 14 heavy (non-hydrogen) atoms. The van der Waals surface area contributed by atoms with Gasteiger partial charge in [-0.25, -0.2) is 0 Å².